The lowest BCUT2D eigenvalue weighted by atomic mass is 10.2. The number of pyridine rings is 1. The number of carbonyl (C=O) groups is 1. The summed E-state index contributed by atoms with van der Waals surface area (Å²) in [7, 11) is 0. The molecule has 1 aromatic carbocycles. The molecule has 19 heavy (non-hydrogen) atoms. The number of carbonyl (C=O) groups excluding carboxylic acids is 1. The van der Waals surface area contributed by atoms with Gasteiger partial charge in [-0.1, -0.05) is 24.3 Å². The molecule has 0 atom stereocenters. The summed E-state index contributed by atoms with van der Waals surface area (Å²) in [5, 5.41) is 0. The summed E-state index contributed by atoms with van der Waals surface area (Å²) < 4.78 is 1.99. The van der Waals surface area contributed by atoms with Gasteiger partial charge in [0.05, 0.1) is 0 Å². The number of benzene rings is 1. The lowest BCUT2D eigenvalue weighted by molar-refractivity contribution is -0.690. The minimum absolute atomic E-state index is 0.157. The van der Waals surface area contributed by atoms with Crippen LogP contribution in [0.25, 0.3) is 0 Å². The Hall–Kier alpha value is -2.16. The molecular weight excluding hydrogens is 236 g/mol. The van der Waals surface area contributed by atoms with Crippen LogP contribution >= 0.6 is 0 Å². The van der Waals surface area contributed by atoms with E-state index < -0.39 is 0 Å². The van der Waals surface area contributed by atoms with Gasteiger partial charge in [-0.15, -0.1) is 0 Å². The van der Waals surface area contributed by atoms with Crippen molar-refractivity contribution in [1.82, 2.24) is 0 Å². The smallest absolute Gasteiger partial charge is 0.292 e. The van der Waals surface area contributed by atoms with Gasteiger partial charge in [0, 0.05) is 31.3 Å². The number of hydrogen-bond donors (Lipinski definition) is 0. The highest BCUT2D eigenvalue weighted by molar-refractivity contribution is 5.94. The number of hydrogen-bond acceptors (Lipinski definition) is 1. The first kappa shape index (κ1) is 11.9. The Bertz CT molecular complexity index is 622. The minimum Gasteiger partial charge on any atom is -0.306 e. The van der Waals surface area contributed by atoms with E-state index in [-0.39, 0.29) is 5.91 Å². The molecule has 1 aromatic heterocycles. The van der Waals surface area contributed by atoms with E-state index in [1.54, 1.807) is 0 Å². The zero-order chi connectivity index (χ0) is 13.2. The third kappa shape index (κ3) is 2.24. The van der Waals surface area contributed by atoms with E-state index in [0.717, 1.165) is 24.3 Å². The summed E-state index contributed by atoms with van der Waals surface area (Å²) in [5.74, 6) is 0.157. The molecule has 3 nitrogen and oxygen atoms in total. The summed E-state index contributed by atoms with van der Waals surface area (Å²) in [5.41, 5.74) is 3.44. The number of rotatable bonds is 2. The summed E-state index contributed by atoms with van der Waals surface area (Å²) in [6.07, 6.45) is 2.91. The molecule has 0 bridgehead atoms. The van der Waals surface area contributed by atoms with Crippen molar-refractivity contribution in [3.63, 3.8) is 0 Å². The summed E-state index contributed by atoms with van der Waals surface area (Å²) >= 11 is 0. The SMILES string of the molecule is Cc1cccc[n+]1CC(=O)N1CCc2ccccc21. The van der Waals surface area contributed by atoms with Crippen molar-refractivity contribution < 1.29 is 9.36 Å². The number of aromatic nitrogens is 1. The molecule has 1 amide bonds. The van der Waals surface area contributed by atoms with Crippen LogP contribution in [-0.2, 0) is 17.8 Å². The molecule has 0 saturated heterocycles. The lowest BCUT2D eigenvalue weighted by Crippen LogP contribution is -2.46. The number of para-hydroxylation sites is 1. The monoisotopic (exact) mass is 253 g/mol. The van der Waals surface area contributed by atoms with Gasteiger partial charge in [-0.3, -0.25) is 4.79 Å². The standard InChI is InChI=1S/C16H17N2O/c1-13-6-4-5-10-17(13)12-16(19)18-11-9-14-7-2-3-8-15(14)18/h2-8,10H,9,11-12H2,1H3/q+1. The van der Waals surface area contributed by atoms with Crippen LogP contribution in [0, 0.1) is 6.92 Å². The van der Waals surface area contributed by atoms with E-state index in [4.69, 9.17) is 0 Å². The number of amides is 1. The van der Waals surface area contributed by atoms with Gasteiger partial charge < -0.3 is 4.90 Å². The lowest BCUT2D eigenvalue weighted by Gasteiger charge is -2.15. The normalized spacial score (nSPS) is 13.4. The molecule has 3 rings (SSSR count). The maximum absolute atomic E-state index is 12.4. The fourth-order valence-corrected chi connectivity index (χ4v) is 2.57. The molecule has 1 aliphatic rings. The van der Waals surface area contributed by atoms with Crippen LogP contribution in [0.4, 0.5) is 5.69 Å². The van der Waals surface area contributed by atoms with Crippen LogP contribution in [0.1, 0.15) is 11.3 Å². The van der Waals surface area contributed by atoms with Crippen LogP contribution in [0.15, 0.2) is 48.7 Å². The molecule has 0 N–H and O–H groups in total. The Morgan fingerprint density at radius 2 is 2.00 bits per heavy atom. The Kier molecular flexibility index (Phi) is 3.03. The van der Waals surface area contributed by atoms with Crippen LogP contribution in [0.5, 0.6) is 0 Å². The molecular formula is C16H17N2O+. The van der Waals surface area contributed by atoms with E-state index in [1.165, 1.54) is 5.56 Å². The average Bonchev–Trinajstić information content (AvgIpc) is 2.85. The maximum atomic E-state index is 12.4. The molecule has 2 heterocycles. The molecule has 0 radical (unpaired) electrons. The third-order valence-corrected chi connectivity index (χ3v) is 3.66. The number of nitrogens with zero attached hydrogens (tertiary/aromatic N) is 2. The Balaban J connectivity index is 1.81. The van der Waals surface area contributed by atoms with Gasteiger partial charge in [0.2, 0.25) is 6.54 Å². The average molecular weight is 253 g/mol. The van der Waals surface area contributed by atoms with Gasteiger partial charge in [-0.2, -0.15) is 4.57 Å². The zero-order valence-corrected chi connectivity index (χ0v) is 11.0. The quantitative estimate of drug-likeness (QED) is 0.750. The first-order valence-corrected chi connectivity index (χ1v) is 6.59. The van der Waals surface area contributed by atoms with Gasteiger partial charge >= 0.3 is 0 Å². The highest BCUT2D eigenvalue weighted by Gasteiger charge is 2.26. The van der Waals surface area contributed by atoms with Crippen LogP contribution in [-0.4, -0.2) is 12.5 Å². The van der Waals surface area contributed by atoms with E-state index >= 15 is 0 Å². The van der Waals surface area contributed by atoms with Gasteiger partial charge in [0.1, 0.15) is 0 Å². The van der Waals surface area contributed by atoms with Crippen molar-refractivity contribution in [3.05, 3.63) is 59.9 Å². The Labute approximate surface area is 113 Å². The topological polar surface area (TPSA) is 24.2 Å². The fraction of sp³-hybridized carbons (Fsp3) is 0.250. The molecule has 3 heteroatoms. The second kappa shape index (κ2) is 4.84. The molecule has 1 aliphatic heterocycles. The van der Waals surface area contributed by atoms with Crippen molar-refractivity contribution in [2.24, 2.45) is 0 Å². The summed E-state index contributed by atoms with van der Waals surface area (Å²) in [6, 6.07) is 14.1. The predicted molar refractivity (Wildman–Crippen MR) is 73.9 cm³/mol. The highest BCUT2D eigenvalue weighted by Crippen LogP contribution is 2.27. The zero-order valence-electron chi connectivity index (χ0n) is 11.0. The van der Waals surface area contributed by atoms with Crippen molar-refractivity contribution in [2.75, 3.05) is 11.4 Å². The second-order valence-corrected chi connectivity index (χ2v) is 4.89. The molecule has 0 unspecified atom stereocenters. The molecule has 2 aromatic rings. The van der Waals surface area contributed by atoms with Gasteiger partial charge in [0.25, 0.3) is 5.91 Å². The van der Waals surface area contributed by atoms with Crippen LogP contribution in [0.3, 0.4) is 0 Å². The van der Waals surface area contributed by atoms with Crippen LogP contribution < -0.4 is 9.47 Å². The largest absolute Gasteiger partial charge is 0.306 e. The first-order chi connectivity index (χ1) is 9.25. The van der Waals surface area contributed by atoms with Crippen LogP contribution in [0.2, 0.25) is 0 Å². The number of aryl methyl sites for hydroxylation is 1. The van der Waals surface area contributed by atoms with Gasteiger partial charge in [0.15, 0.2) is 11.9 Å². The first-order valence-electron chi connectivity index (χ1n) is 6.59. The molecule has 0 aliphatic carbocycles. The third-order valence-electron chi connectivity index (χ3n) is 3.66. The molecule has 96 valence electrons. The summed E-state index contributed by atoms with van der Waals surface area (Å²) in [4.78, 5) is 14.3. The van der Waals surface area contributed by atoms with E-state index in [0.29, 0.717) is 6.54 Å². The molecule has 0 spiro atoms. The van der Waals surface area contributed by atoms with E-state index in [1.807, 2.05) is 59.0 Å². The van der Waals surface area contributed by atoms with Crippen molar-refractivity contribution in [2.45, 2.75) is 19.9 Å². The Morgan fingerprint density at radius 3 is 2.84 bits per heavy atom. The van der Waals surface area contributed by atoms with Crippen molar-refractivity contribution in [3.8, 4) is 0 Å². The van der Waals surface area contributed by atoms with E-state index in [2.05, 4.69) is 6.07 Å². The second-order valence-electron chi connectivity index (χ2n) is 4.89. The van der Waals surface area contributed by atoms with Gasteiger partial charge in [-0.05, 0) is 18.1 Å². The predicted octanol–water partition coefficient (Wildman–Crippen LogP) is 1.87. The minimum atomic E-state index is 0.157. The highest BCUT2D eigenvalue weighted by atomic mass is 16.2. The number of fused-ring (bicyclic) bond motifs is 1. The maximum Gasteiger partial charge on any atom is 0.292 e. The number of anilines is 1. The Morgan fingerprint density at radius 1 is 1.21 bits per heavy atom. The van der Waals surface area contributed by atoms with E-state index in [9.17, 15) is 4.79 Å². The van der Waals surface area contributed by atoms with Gasteiger partial charge in [-0.25, -0.2) is 0 Å². The van der Waals surface area contributed by atoms with Crippen molar-refractivity contribution >= 4 is 11.6 Å². The molecule has 0 saturated carbocycles. The molecule has 0 fully saturated rings. The van der Waals surface area contributed by atoms with Crippen molar-refractivity contribution in [1.29, 1.82) is 0 Å². The summed E-state index contributed by atoms with van der Waals surface area (Å²) in [6.45, 7) is 3.22. The fourth-order valence-electron chi connectivity index (χ4n) is 2.57.